The van der Waals surface area contributed by atoms with E-state index in [1.54, 1.807) is 0 Å². The van der Waals surface area contributed by atoms with Crippen LogP contribution in [0.3, 0.4) is 0 Å². The minimum Gasteiger partial charge on any atom is -0.522 e. The van der Waals surface area contributed by atoms with Crippen LogP contribution in [0.4, 0.5) is 0 Å². The summed E-state index contributed by atoms with van der Waals surface area (Å²) in [6.45, 7) is 10.5. The van der Waals surface area contributed by atoms with Crippen molar-refractivity contribution >= 4 is 29.3 Å². The van der Waals surface area contributed by atoms with Crippen molar-refractivity contribution in [1.29, 1.82) is 5.26 Å². The van der Waals surface area contributed by atoms with Crippen LogP contribution >= 0.6 is 0 Å². The van der Waals surface area contributed by atoms with E-state index < -0.39 is 46.9 Å². The molecule has 45 heavy (non-hydrogen) atoms. The summed E-state index contributed by atoms with van der Waals surface area (Å²) < 4.78 is 0. The summed E-state index contributed by atoms with van der Waals surface area (Å²) in [7, 11) is 0. The lowest BCUT2D eigenvalue weighted by molar-refractivity contribution is -0.125. The minimum absolute atomic E-state index is 0.00261. The molecule has 2 atom stereocenters. The average molecular weight is 601 g/mol. The predicted molar refractivity (Wildman–Crippen MR) is 161 cm³/mol. The third kappa shape index (κ3) is 5.94. The molecule has 10 nitrogen and oxygen atoms in total. The summed E-state index contributed by atoms with van der Waals surface area (Å²) in [6, 6.07) is 12.6. The molecule has 0 aromatic heterocycles. The van der Waals surface area contributed by atoms with Gasteiger partial charge in [0, 0.05) is 11.1 Å². The molecule has 2 unspecified atom stereocenters. The van der Waals surface area contributed by atoms with Crippen molar-refractivity contribution in [2.45, 2.75) is 25.7 Å². The molecule has 2 aromatic rings. The molecule has 0 heterocycles. The van der Waals surface area contributed by atoms with Gasteiger partial charge in [0.05, 0.1) is 29.2 Å². The molecule has 0 amide bonds. The van der Waals surface area contributed by atoms with Gasteiger partial charge < -0.3 is 15.3 Å². The van der Waals surface area contributed by atoms with E-state index in [-0.39, 0.29) is 50.3 Å². The normalized spacial score (nSPS) is 19.9. The zero-order valence-corrected chi connectivity index (χ0v) is 23.9. The maximum atomic E-state index is 13.4. The predicted octanol–water partition coefficient (Wildman–Crippen LogP) is 5.57. The zero-order valence-electron chi connectivity index (χ0n) is 23.9. The number of ketones is 3. The maximum Gasteiger partial charge on any atom is 0.335 e. The second kappa shape index (κ2) is 12.9. The first-order valence-corrected chi connectivity index (χ1v) is 13.4. The van der Waals surface area contributed by atoms with Crippen LogP contribution in [0.2, 0.25) is 0 Å². The first kappa shape index (κ1) is 31.5. The molecule has 0 saturated carbocycles. The SMILES string of the molecule is [C-]#[N+]C1=C(O)C(c2ccc(C(=O)O)cc2)C(=O)C(C=CC=CC=C2C(=O)C(c3ccc(C(=O)O)cc3)C(=O)C(C#N)=C2C)=C1C. The lowest BCUT2D eigenvalue weighted by Gasteiger charge is -2.24. The van der Waals surface area contributed by atoms with E-state index >= 15 is 0 Å². The van der Waals surface area contributed by atoms with Crippen LogP contribution in [0, 0.1) is 17.9 Å². The fraction of sp³-hybridized carbons (Fsp3) is 0.114. The number of hydrogen-bond donors (Lipinski definition) is 3. The molecule has 0 aliphatic heterocycles. The lowest BCUT2D eigenvalue weighted by atomic mass is 9.76. The van der Waals surface area contributed by atoms with Gasteiger partial charge in [-0.15, -0.1) is 0 Å². The molecule has 222 valence electrons. The zero-order chi connectivity index (χ0) is 33.0. The molecule has 3 N–H and O–H groups in total. The molecular weight excluding hydrogens is 576 g/mol. The number of nitrogens with zero attached hydrogens (tertiary/aromatic N) is 2. The number of hydrogen-bond acceptors (Lipinski definition) is 7. The second-order valence-electron chi connectivity index (χ2n) is 10.1. The molecule has 2 aliphatic rings. The topological polar surface area (TPSA) is 174 Å². The van der Waals surface area contributed by atoms with Gasteiger partial charge in [0.15, 0.2) is 17.3 Å². The first-order chi connectivity index (χ1) is 21.4. The molecule has 0 radical (unpaired) electrons. The number of carboxylic acid groups (broad SMARTS) is 2. The summed E-state index contributed by atoms with van der Waals surface area (Å²) in [5.74, 6) is -7.02. The highest BCUT2D eigenvalue weighted by Gasteiger charge is 2.39. The van der Waals surface area contributed by atoms with E-state index in [0.717, 1.165) is 0 Å². The molecule has 4 rings (SSSR count). The van der Waals surface area contributed by atoms with Gasteiger partial charge in [0.1, 0.15) is 17.7 Å². The van der Waals surface area contributed by atoms with Crippen molar-refractivity contribution in [2.75, 3.05) is 0 Å². The third-order valence-corrected chi connectivity index (χ3v) is 7.57. The number of aromatic carboxylic acids is 2. The number of rotatable bonds is 7. The van der Waals surface area contributed by atoms with Crippen LogP contribution in [0.1, 0.15) is 57.5 Å². The van der Waals surface area contributed by atoms with Gasteiger partial charge >= 0.3 is 11.9 Å². The van der Waals surface area contributed by atoms with Crippen LogP contribution in [-0.4, -0.2) is 44.6 Å². The Morgan fingerprint density at radius 1 is 0.800 bits per heavy atom. The van der Waals surface area contributed by atoms with Crippen molar-refractivity contribution in [3.05, 3.63) is 152 Å². The maximum absolute atomic E-state index is 13.4. The Hall–Kier alpha value is -6.39. The Morgan fingerprint density at radius 3 is 1.82 bits per heavy atom. The number of carbonyl (C=O) groups excluding carboxylic acids is 3. The van der Waals surface area contributed by atoms with Crippen LogP contribution < -0.4 is 0 Å². The van der Waals surface area contributed by atoms with Gasteiger partial charge in [-0.3, -0.25) is 14.4 Å². The summed E-state index contributed by atoms with van der Waals surface area (Å²) in [5, 5.41) is 38.7. The van der Waals surface area contributed by atoms with Crippen molar-refractivity contribution in [2.24, 2.45) is 0 Å². The van der Waals surface area contributed by atoms with Crippen LogP contribution in [0.5, 0.6) is 0 Å². The highest BCUT2D eigenvalue weighted by molar-refractivity contribution is 6.26. The summed E-state index contributed by atoms with van der Waals surface area (Å²) >= 11 is 0. The summed E-state index contributed by atoms with van der Waals surface area (Å²) in [4.78, 5) is 65.7. The third-order valence-electron chi connectivity index (χ3n) is 7.57. The van der Waals surface area contributed by atoms with E-state index in [1.165, 1.54) is 92.8 Å². The average Bonchev–Trinajstić information content (AvgIpc) is 3.01. The van der Waals surface area contributed by atoms with Gasteiger partial charge in [-0.05, 0) is 60.4 Å². The van der Waals surface area contributed by atoms with E-state index in [2.05, 4.69) is 4.85 Å². The van der Waals surface area contributed by atoms with Gasteiger partial charge in [-0.25, -0.2) is 14.4 Å². The number of allylic oxidation sites excluding steroid dienone is 11. The fourth-order valence-corrected chi connectivity index (χ4v) is 5.15. The van der Waals surface area contributed by atoms with Crippen molar-refractivity contribution in [3.8, 4) is 6.07 Å². The molecule has 0 bridgehead atoms. The number of carboxylic acids is 2. The molecule has 2 aliphatic carbocycles. The van der Waals surface area contributed by atoms with Gasteiger partial charge in [-0.2, -0.15) is 5.26 Å². The number of benzene rings is 2. The number of aliphatic hydroxyl groups excluding tert-OH is 1. The van der Waals surface area contributed by atoms with Crippen molar-refractivity contribution < 1.29 is 39.3 Å². The van der Waals surface area contributed by atoms with Gasteiger partial charge in [-0.1, -0.05) is 54.6 Å². The van der Waals surface area contributed by atoms with E-state index in [4.69, 9.17) is 16.8 Å². The molecule has 0 spiro atoms. The van der Waals surface area contributed by atoms with E-state index in [1.807, 2.05) is 6.07 Å². The second-order valence-corrected chi connectivity index (χ2v) is 10.1. The number of aliphatic hydroxyl groups is 1. The largest absolute Gasteiger partial charge is 0.522 e. The minimum atomic E-state index is -1.32. The van der Waals surface area contributed by atoms with E-state index in [0.29, 0.717) is 5.56 Å². The Kier molecular flexibility index (Phi) is 9.01. The smallest absolute Gasteiger partial charge is 0.335 e. The standard InChI is InChI=1S/C35H24N2O8/c1-18-24(30(38)27(32(40)26(18)17-36)20-9-13-22(14-10-20)34(42)43)7-5-4-6-8-25-19(2)29(37-3)33(41)28(31(25)39)21-11-15-23(16-12-21)35(44)45/h4-16,27-28,41H,1-2H3,(H,42,43)(H,44,45). The Morgan fingerprint density at radius 2 is 1.33 bits per heavy atom. The van der Waals surface area contributed by atoms with Crippen molar-refractivity contribution in [3.63, 3.8) is 0 Å². The van der Waals surface area contributed by atoms with Crippen LogP contribution in [0.15, 0.2) is 118 Å². The molecule has 0 saturated heterocycles. The van der Waals surface area contributed by atoms with Gasteiger partial charge in [0.2, 0.25) is 5.70 Å². The number of nitriles is 1. The fourth-order valence-electron chi connectivity index (χ4n) is 5.15. The van der Waals surface area contributed by atoms with Crippen LogP contribution in [-0.2, 0) is 14.4 Å². The highest BCUT2D eigenvalue weighted by Crippen LogP contribution is 2.38. The summed E-state index contributed by atoms with van der Waals surface area (Å²) in [6.07, 6.45) is 7.36. The Bertz CT molecular complexity index is 1940. The van der Waals surface area contributed by atoms with Crippen molar-refractivity contribution in [1.82, 2.24) is 0 Å². The Labute approximate surface area is 257 Å². The van der Waals surface area contributed by atoms with E-state index in [9.17, 15) is 34.3 Å². The monoisotopic (exact) mass is 600 g/mol. The highest BCUT2D eigenvalue weighted by atomic mass is 16.4. The lowest BCUT2D eigenvalue weighted by Crippen LogP contribution is -2.30. The van der Waals surface area contributed by atoms with Gasteiger partial charge in [0.25, 0.3) is 0 Å². The Balaban J connectivity index is 1.64. The molecule has 2 aromatic carbocycles. The van der Waals surface area contributed by atoms with Crippen LogP contribution in [0.25, 0.3) is 4.85 Å². The summed E-state index contributed by atoms with van der Waals surface area (Å²) in [5.41, 5.74) is 0.962. The first-order valence-electron chi connectivity index (χ1n) is 13.4. The molecular formula is C35H24N2O8. The molecule has 10 heteroatoms. The molecule has 0 fully saturated rings. The quantitative estimate of drug-likeness (QED) is 0.159. The number of Topliss-reactive ketones (excluding diaryl/α,β-unsaturated/α-hetero) is 3. The number of carbonyl (C=O) groups is 5.